The maximum absolute atomic E-state index is 14.8. The number of β-amino-alcohol motifs (C(OH)–C–C–N with tert-alkyl or cyclic N) is 1. The molecular weight excluding hydrogens is 659 g/mol. The van der Waals surface area contributed by atoms with Crippen molar-refractivity contribution < 1.29 is 23.1 Å². The lowest BCUT2D eigenvalue weighted by Gasteiger charge is -2.30. The van der Waals surface area contributed by atoms with E-state index in [4.69, 9.17) is 0 Å². The molecule has 3 atom stereocenters. The van der Waals surface area contributed by atoms with E-state index in [2.05, 4.69) is 71.6 Å². The van der Waals surface area contributed by atoms with Gasteiger partial charge in [-0.3, -0.25) is 4.79 Å². The van der Waals surface area contributed by atoms with Gasteiger partial charge >= 0.3 is 6.18 Å². The van der Waals surface area contributed by atoms with Crippen LogP contribution in [0.25, 0.3) is 16.7 Å². The number of piperidine rings is 1. The van der Waals surface area contributed by atoms with Crippen molar-refractivity contribution in [3.8, 4) is 11.1 Å². The van der Waals surface area contributed by atoms with E-state index < -0.39 is 17.8 Å². The molecule has 0 saturated carbocycles. The predicted octanol–water partition coefficient (Wildman–Crippen LogP) is 8.49. The topological polar surface area (TPSA) is 55.8 Å². The number of alkyl halides is 3. The molecule has 0 bridgehead atoms. The maximum atomic E-state index is 14.8. The van der Waals surface area contributed by atoms with E-state index >= 15 is 0 Å². The molecule has 3 aliphatic rings. The Hall–Kier alpha value is -4.20. The van der Waals surface area contributed by atoms with Gasteiger partial charge in [0, 0.05) is 43.6 Å². The lowest BCUT2D eigenvalue weighted by Crippen LogP contribution is -2.43. The van der Waals surface area contributed by atoms with Crippen LogP contribution in [0.15, 0.2) is 103 Å². The van der Waals surface area contributed by atoms with Gasteiger partial charge in [-0.05, 0) is 128 Å². The lowest BCUT2D eigenvalue weighted by molar-refractivity contribution is -0.137. The van der Waals surface area contributed by atoms with Gasteiger partial charge in [0.25, 0.3) is 5.91 Å². The molecule has 8 heteroatoms. The summed E-state index contributed by atoms with van der Waals surface area (Å²) in [5.74, 6) is 0.0846. The number of likely N-dealkylation sites (tertiary alicyclic amines) is 2. The summed E-state index contributed by atoms with van der Waals surface area (Å²) in [4.78, 5) is 19.3. The Morgan fingerprint density at radius 1 is 0.981 bits per heavy atom. The molecule has 0 spiro atoms. The monoisotopic (exact) mass is 709 g/mol. The van der Waals surface area contributed by atoms with Gasteiger partial charge in [0.1, 0.15) is 0 Å². The molecule has 6 rings (SSSR count). The minimum atomic E-state index is -4.39. The van der Waals surface area contributed by atoms with Crippen LogP contribution in [0.3, 0.4) is 0 Å². The second kappa shape index (κ2) is 16.6. The summed E-state index contributed by atoms with van der Waals surface area (Å²) in [6.07, 6.45) is 3.07. The number of nitrogens with one attached hydrogen (secondary N) is 1. The molecule has 3 aliphatic heterocycles. The fraction of sp³-hybridized carbons (Fsp3) is 0.409. The minimum Gasteiger partial charge on any atom is -0.391 e. The molecule has 274 valence electrons. The molecule has 5 nitrogen and oxygen atoms in total. The van der Waals surface area contributed by atoms with Crippen molar-refractivity contribution in [2.75, 3.05) is 39.3 Å². The molecular formula is C44H50F3N3O2. The maximum Gasteiger partial charge on any atom is 0.416 e. The molecule has 1 unspecified atom stereocenters. The molecule has 0 aromatic heterocycles. The van der Waals surface area contributed by atoms with E-state index in [1.807, 2.05) is 17.9 Å². The van der Waals surface area contributed by atoms with Crippen molar-refractivity contribution in [1.82, 2.24) is 15.1 Å². The third kappa shape index (κ3) is 9.05. The number of halogens is 3. The highest BCUT2D eigenvalue weighted by atomic mass is 19.4. The summed E-state index contributed by atoms with van der Waals surface area (Å²) in [6, 6.07) is 19.9. The van der Waals surface area contributed by atoms with Gasteiger partial charge in [0.05, 0.1) is 11.7 Å². The van der Waals surface area contributed by atoms with Crippen LogP contribution in [0.4, 0.5) is 13.2 Å². The molecule has 3 aromatic rings. The van der Waals surface area contributed by atoms with E-state index in [1.54, 1.807) is 0 Å². The number of rotatable bonds is 11. The quantitative estimate of drug-likeness (QED) is 0.0908. The van der Waals surface area contributed by atoms with Crippen molar-refractivity contribution in [3.63, 3.8) is 0 Å². The number of amides is 1. The third-order valence-corrected chi connectivity index (χ3v) is 10.9. The van der Waals surface area contributed by atoms with Crippen molar-refractivity contribution in [2.45, 2.75) is 76.1 Å². The van der Waals surface area contributed by atoms with Crippen LogP contribution in [-0.4, -0.2) is 72.2 Å². The zero-order valence-corrected chi connectivity index (χ0v) is 30.2. The number of carbonyl (C=O) groups is 1. The highest BCUT2D eigenvalue weighted by Gasteiger charge is 2.34. The van der Waals surface area contributed by atoms with E-state index in [-0.39, 0.29) is 17.9 Å². The summed E-state index contributed by atoms with van der Waals surface area (Å²) in [5.41, 5.74) is 10.1. The summed E-state index contributed by atoms with van der Waals surface area (Å²) >= 11 is 0. The Labute approximate surface area is 306 Å². The van der Waals surface area contributed by atoms with Gasteiger partial charge in [-0.2, -0.15) is 13.2 Å². The van der Waals surface area contributed by atoms with Gasteiger partial charge in [-0.25, -0.2) is 0 Å². The first kappa shape index (κ1) is 37.6. The van der Waals surface area contributed by atoms with E-state index in [0.29, 0.717) is 37.1 Å². The second-order valence-corrected chi connectivity index (χ2v) is 14.7. The molecule has 0 aliphatic carbocycles. The smallest absolute Gasteiger partial charge is 0.391 e. The fourth-order valence-electron chi connectivity index (χ4n) is 7.98. The number of benzene rings is 3. The summed E-state index contributed by atoms with van der Waals surface area (Å²) in [7, 11) is 0. The number of aliphatic hydroxyl groups is 1. The highest BCUT2D eigenvalue weighted by molar-refractivity contribution is 6.20. The Bertz CT molecular complexity index is 1820. The number of aryl methyl sites for hydroxylation is 1. The van der Waals surface area contributed by atoms with Crippen LogP contribution < -0.4 is 5.32 Å². The molecule has 1 amide bonds. The van der Waals surface area contributed by atoms with Crippen molar-refractivity contribution in [1.29, 1.82) is 0 Å². The van der Waals surface area contributed by atoms with Crippen molar-refractivity contribution >= 4 is 11.5 Å². The Kier molecular flexibility index (Phi) is 12.0. The van der Waals surface area contributed by atoms with Crippen molar-refractivity contribution in [2.24, 2.45) is 0 Å². The van der Waals surface area contributed by atoms with Crippen LogP contribution in [-0.2, 0) is 17.4 Å². The lowest BCUT2D eigenvalue weighted by atomic mass is 9.86. The molecule has 52 heavy (non-hydrogen) atoms. The van der Waals surface area contributed by atoms with E-state index in [1.165, 1.54) is 25.0 Å². The van der Waals surface area contributed by atoms with Crippen LogP contribution in [0.2, 0.25) is 0 Å². The Balaban J connectivity index is 1.30. The largest absolute Gasteiger partial charge is 0.416 e. The van der Waals surface area contributed by atoms with Gasteiger partial charge in [-0.1, -0.05) is 67.3 Å². The SMILES string of the molecule is C=C=C(/C=C(/C(=O)N1CCC[C@H]1CN1CCCC1)c1cc(-c2ccc(C3CCNC[C@@H]3O)cc2)ccc1C)CC(=C)Cc1ccc(C(F)(F)F)cc1. The van der Waals surface area contributed by atoms with E-state index in [0.717, 1.165) is 96.5 Å². The summed E-state index contributed by atoms with van der Waals surface area (Å²) in [6.45, 7) is 15.4. The molecule has 3 aromatic carbocycles. The van der Waals surface area contributed by atoms with Crippen LogP contribution in [0, 0.1) is 6.92 Å². The molecule has 2 N–H and O–H groups in total. The summed E-state index contributed by atoms with van der Waals surface area (Å²) < 4.78 is 39.4. The zero-order chi connectivity index (χ0) is 36.8. The molecule has 3 saturated heterocycles. The van der Waals surface area contributed by atoms with E-state index in [9.17, 15) is 23.1 Å². The second-order valence-electron chi connectivity index (χ2n) is 14.7. The normalized spacial score (nSPS) is 21.3. The van der Waals surface area contributed by atoms with Gasteiger partial charge < -0.3 is 20.2 Å². The van der Waals surface area contributed by atoms with Gasteiger partial charge in [0.15, 0.2) is 0 Å². The average molecular weight is 710 g/mol. The van der Waals surface area contributed by atoms with Crippen molar-refractivity contribution in [3.05, 3.63) is 131 Å². The number of allylic oxidation sites excluding steroid dienone is 3. The van der Waals surface area contributed by atoms with Gasteiger partial charge in [-0.15, -0.1) is 5.73 Å². The molecule has 3 heterocycles. The van der Waals surface area contributed by atoms with Crippen LogP contribution in [0.5, 0.6) is 0 Å². The first-order valence-corrected chi connectivity index (χ1v) is 18.6. The number of carbonyl (C=O) groups excluding carboxylic acids is 1. The third-order valence-electron chi connectivity index (χ3n) is 10.9. The van der Waals surface area contributed by atoms with Crippen LogP contribution >= 0.6 is 0 Å². The number of hydrogen-bond acceptors (Lipinski definition) is 4. The van der Waals surface area contributed by atoms with Gasteiger partial charge in [0.2, 0.25) is 0 Å². The van der Waals surface area contributed by atoms with Crippen LogP contribution in [0.1, 0.15) is 72.3 Å². The highest BCUT2D eigenvalue weighted by Crippen LogP contribution is 2.34. The number of nitrogens with zero attached hydrogens (tertiary/aromatic N) is 2. The standard InChI is InChI=1S/C44H50F3N3O2/c1-4-32(24-30(2)25-33-10-17-37(18-11-33)44(45,46)47)26-41(43(52)50-23-7-8-38(50)29-49-21-5-6-22-49)40-27-36(12-9-31(40)3)34-13-15-35(16-14-34)39-19-20-48-28-42(39)51/h9-18,26-27,38-39,42,48,51H,1-2,5-8,19-25,28-29H2,3H3/b41-26+/t38-,39?,42-/m0/s1. The first-order valence-electron chi connectivity index (χ1n) is 18.6. The zero-order valence-electron chi connectivity index (χ0n) is 30.2. The average Bonchev–Trinajstić information content (AvgIpc) is 3.83. The fourth-order valence-corrected chi connectivity index (χ4v) is 7.98. The summed E-state index contributed by atoms with van der Waals surface area (Å²) in [5, 5.41) is 13.8. The molecule has 3 fully saturated rings. The number of hydrogen-bond donors (Lipinski definition) is 2. The Morgan fingerprint density at radius 3 is 2.37 bits per heavy atom. The molecule has 0 radical (unpaired) electrons. The first-order chi connectivity index (χ1) is 25.0. The Morgan fingerprint density at radius 2 is 1.69 bits per heavy atom. The predicted molar refractivity (Wildman–Crippen MR) is 203 cm³/mol. The number of aliphatic hydroxyl groups excluding tert-OH is 1. The minimum absolute atomic E-state index is 0.0155.